The number of hydrogen-bond acceptors (Lipinski definition) is 4. The summed E-state index contributed by atoms with van der Waals surface area (Å²) in [5.41, 5.74) is 1.06. The molecule has 0 aromatic heterocycles. The van der Waals surface area contributed by atoms with Crippen LogP contribution in [-0.4, -0.2) is 28.8 Å². The van der Waals surface area contributed by atoms with Crippen LogP contribution in [0.5, 0.6) is 11.5 Å². The van der Waals surface area contributed by atoms with Gasteiger partial charge in [0.15, 0.2) is 5.78 Å². The van der Waals surface area contributed by atoms with Gasteiger partial charge in [-0.25, -0.2) is 0 Å². The monoisotopic (exact) mass is 255 g/mol. The molecular formula is C15H13NO3. The highest BCUT2D eigenvalue weighted by atomic mass is 16.3. The second-order valence-corrected chi connectivity index (χ2v) is 4.00. The highest BCUT2D eigenvalue weighted by molar-refractivity contribution is 5.98. The second-order valence-electron chi connectivity index (χ2n) is 4.00. The summed E-state index contributed by atoms with van der Waals surface area (Å²) in [4.78, 5) is 15.7. The Balaban J connectivity index is 2.02. The van der Waals surface area contributed by atoms with Gasteiger partial charge in [0.05, 0.1) is 0 Å². The van der Waals surface area contributed by atoms with Gasteiger partial charge in [-0.2, -0.15) is 0 Å². The first-order valence-electron chi connectivity index (χ1n) is 5.77. The molecule has 19 heavy (non-hydrogen) atoms. The molecule has 0 aliphatic carbocycles. The lowest BCUT2D eigenvalue weighted by Crippen LogP contribution is -2.03. The first-order valence-corrected chi connectivity index (χ1v) is 5.77. The van der Waals surface area contributed by atoms with Crippen molar-refractivity contribution in [3.8, 4) is 11.5 Å². The predicted octanol–water partition coefficient (Wildman–Crippen LogP) is 2.40. The topological polar surface area (TPSA) is 69.9 Å². The molecule has 0 aliphatic heterocycles. The number of aliphatic imine (C=N–C) groups is 1. The fourth-order valence-electron chi connectivity index (χ4n) is 1.58. The number of hydrogen-bond donors (Lipinski definition) is 2. The van der Waals surface area contributed by atoms with Crippen LogP contribution in [-0.2, 0) is 0 Å². The van der Waals surface area contributed by atoms with Crippen LogP contribution in [0.4, 0.5) is 0 Å². The lowest BCUT2D eigenvalue weighted by Gasteiger charge is -1.99. The Kier molecular flexibility index (Phi) is 3.93. The molecule has 0 bridgehead atoms. The summed E-state index contributed by atoms with van der Waals surface area (Å²) in [5.74, 6) is -0.180. The molecule has 0 unspecified atom stereocenters. The normalized spacial score (nSPS) is 10.7. The van der Waals surface area contributed by atoms with Gasteiger partial charge in [0.2, 0.25) is 0 Å². The van der Waals surface area contributed by atoms with Gasteiger partial charge in [-0.3, -0.25) is 9.79 Å². The van der Waals surface area contributed by atoms with Crippen molar-refractivity contribution in [2.45, 2.75) is 0 Å². The van der Waals surface area contributed by atoms with E-state index < -0.39 is 0 Å². The minimum Gasteiger partial charge on any atom is -0.508 e. The van der Waals surface area contributed by atoms with Crippen molar-refractivity contribution in [1.82, 2.24) is 0 Å². The third kappa shape index (κ3) is 3.42. The quantitative estimate of drug-likeness (QED) is 0.651. The fourth-order valence-corrected chi connectivity index (χ4v) is 1.58. The number of benzene rings is 2. The Hall–Kier alpha value is -2.62. The Morgan fingerprint density at radius 2 is 1.84 bits per heavy atom. The van der Waals surface area contributed by atoms with Crippen LogP contribution < -0.4 is 0 Å². The number of phenols is 2. The summed E-state index contributed by atoms with van der Waals surface area (Å²) >= 11 is 0. The van der Waals surface area contributed by atoms with Crippen LogP contribution in [0.25, 0.3) is 0 Å². The van der Waals surface area contributed by atoms with E-state index in [9.17, 15) is 9.90 Å². The van der Waals surface area contributed by atoms with Gasteiger partial charge in [-0.05, 0) is 12.1 Å². The van der Waals surface area contributed by atoms with Crippen LogP contribution in [0.1, 0.15) is 15.9 Å². The van der Waals surface area contributed by atoms with Crippen LogP contribution in [0.15, 0.2) is 53.5 Å². The summed E-state index contributed by atoms with van der Waals surface area (Å²) in [6.07, 6.45) is 1.41. The van der Waals surface area contributed by atoms with Gasteiger partial charge in [0.25, 0.3) is 0 Å². The molecule has 0 atom stereocenters. The van der Waals surface area contributed by atoms with Gasteiger partial charge in [-0.15, -0.1) is 0 Å². The van der Waals surface area contributed by atoms with Crippen molar-refractivity contribution in [2.75, 3.05) is 6.54 Å². The number of ketones is 1. The molecule has 2 aromatic carbocycles. The SMILES string of the molecule is O=C(CN=Cc1ccc(O)cc1O)c1ccccc1. The highest BCUT2D eigenvalue weighted by Gasteiger charge is 2.03. The van der Waals surface area contributed by atoms with Gasteiger partial charge in [0, 0.05) is 23.4 Å². The van der Waals surface area contributed by atoms with Crippen molar-refractivity contribution in [3.05, 3.63) is 59.7 Å². The molecule has 2 rings (SSSR count). The number of phenolic OH excluding ortho intramolecular Hbond substituents is 2. The van der Waals surface area contributed by atoms with Crippen molar-refractivity contribution in [3.63, 3.8) is 0 Å². The van der Waals surface area contributed by atoms with E-state index in [-0.39, 0.29) is 23.8 Å². The van der Waals surface area contributed by atoms with Crippen LogP contribution in [0, 0.1) is 0 Å². The average molecular weight is 255 g/mol. The minimum absolute atomic E-state index is 0.0182. The molecule has 0 radical (unpaired) electrons. The van der Waals surface area contributed by atoms with E-state index in [4.69, 9.17) is 5.11 Å². The van der Waals surface area contributed by atoms with E-state index in [1.165, 1.54) is 24.4 Å². The van der Waals surface area contributed by atoms with Crippen molar-refractivity contribution in [2.24, 2.45) is 4.99 Å². The Morgan fingerprint density at radius 3 is 2.53 bits per heavy atom. The molecule has 0 fully saturated rings. The molecule has 2 N–H and O–H groups in total. The number of aromatic hydroxyl groups is 2. The zero-order chi connectivity index (χ0) is 13.7. The Bertz CT molecular complexity index is 606. The molecule has 0 saturated carbocycles. The van der Waals surface area contributed by atoms with E-state index in [1.807, 2.05) is 6.07 Å². The summed E-state index contributed by atoms with van der Waals surface area (Å²) in [6.45, 7) is 0.0182. The Morgan fingerprint density at radius 1 is 1.11 bits per heavy atom. The third-order valence-corrected chi connectivity index (χ3v) is 2.58. The smallest absolute Gasteiger partial charge is 0.184 e. The Labute approximate surface area is 110 Å². The maximum absolute atomic E-state index is 11.8. The third-order valence-electron chi connectivity index (χ3n) is 2.58. The van der Waals surface area contributed by atoms with Gasteiger partial charge in [0.1, 0.15) is 18.0 Å². The number of carbonyl (C=O) groups is 1. The molecule has 0 heterocycles. The summed E-state index contributed by atoms with van der Waals surface area (Å²) in [5, 5.41) is 18.7. The van der Waals surface area contributed by atoms with E-state index >= 15 is 0 Å². The second kappa shape index (κ2) is 5.82. The van der Waals surface area contributed by atoms with E-state index in [0.717, 1.165) is 0 Å². The maximum atomic E-state index is 11.8. The summed E-state index contributed by atoms with van der Waals surface area (Å²) in [7, 11) is 0. The van der Waals surface area contributed by atoms with Gasteiger partial charge < -0.3 is 10.2 Å². The zero-order valence-corrected chi connectivity index (χ0v) is 10.2. The number of carbonyl (C=O) groups excluding carboxylic acids is 1. The molecule has 0 spiro atoms. The van der Waals surface area contributed by atoms with Crippen molar-refractivity contribution >= 4 is 12.0 Å². The lowest BCUT2D eigenvalue weighted by molar-refractivity contribution is 0.100. The van der Waals surface area contributed by atoms with Crippen LogP contribution >= 0.6 is 0 Å². The minimum atomic E-state index is -0.0879. The first-order chi connectivity index (χ1) is 9.16. The van der Waals surface area contributed by atoms with Crippen LogP contribution in [0.3, 0.4) is 0 Å². The molecular weight excluding hydrogens is 242 g/mol. The molecule has 96 valence electrons. The van der Waals surface area contributed by atoms with Gasteiger partial charge >= 0.3 is 0 Å². The molecule has 2 aromatic rings. The first kappa shape index (κ1) is 12.8. The number of Topliss-reactive ketones (excluding diaryl/α,β-unsaturated/α-hetero) is 1. The summed E-state index contributed by atoms with van der Waals surface area (Å²) < 4.78 is 0. The van der Waals surface area contributed by atoms with E-state index in [1.54, 1.807) is 24.3 Å². The molecule has 0 amide bonds. The number of nitrogens with zero attached hydrogens (tertiary/aromatic N) is 1. The van der Waals surface area contributed by atoms with E-state index in [2.05, 4.69) is 4.99 Å². The predicted molar refractivity (Wildman–Crippen MR) is 73.0 cm³/mol. The fraction of sp³-hybridized carbons (Fsp3) is 0.0667. The van der Waals surface area contributed by atoms with E-state index in [0.29, 0.717) is 11.1 Å². The number of rotatable bonds is 4. The summed E-state index contributed by atoms with van der Waals surface area (Å²) in [6, 6.07) is 13.1. The highest BCUT2D eigenvalue weighted by Crippen LogP contribution is 2.20. The average Bonchev–Trinajstić information content (AvgIpc) is 2.42. The maximum Gasteiger partial charge on any atom is 0.184 e. The van der Waals surface area contributed by atoms with Gasteiger partial charge in [-0.1, -0.05) is 30.3 Å². The molecule has 4 nitrogen and oxygen atoms in total. The lowest BCUT2D eigenvalue weighted by atomic mass is 10.1. The van der Waals surface area contributed by atoms with Crippen LogP contribution in [0.2, 0.25) is 0 Å². The standard InChI is InChI=1S/C15H13NO3/c17-13-7-6-12(14(18)8-13)9-16-10-15(19)11-4-2-1-3-5-11/h1-9,17-18H,10H2. The largest absolute Gasteiger partial charge is 0.508 e. The molecule has 0 saturated heterocycles. The van der Waals surface area contributed by atoms with Crippen molar-refractivity contribution < 1.29 is 15.0 Å². The molecule has 4 heteroatoms. The molecule has 0 aliphatic rings. The van der Waals surface area contributed by atoms with Crippen molar-refractivity contribution in [1.29, 1.82) is 0 Å². The zero-order valence-electron chi connectivity index (χ0n) is 10.2.